The van der Waals surface area contributed by atoms with Gasteiger partial charge in [-0.15, -0.1) is 9.88 Å². The Labute approximate surface area is 82.6 Å². The van der Waals surface area contributed by atoms with Crippen LogP contribution in [-0.2, 0) is 19.8 Å². The summed E-state index contributed by atoms with van der Waals surface area (Å²) in [7, 11) is 0. The van der Waals surface area contributed by atoms with Gasteiger partial charge in [0.25, 0.3) is 6.29 Å². The van der Waals surface area contributed by atoms with Crippen LogP contribution in [0.3, 0.4) is 0 Å². The Morgan fingerprint density at radius 3 is 1.73 bits per heavy atom. The first-order valence-electron chi connectivity index (χ1n) is 4.39. The van der Waals surface area contributed by atoms with E-state index in [1.807, 2.05) is 0 Å². The molecule has 0 aromatic heterocycles. The predicted molar refractivity (Wildman–Crippen MR) is 37.2 cm³/mol. The maximum absolute atomic E-state index is 12.2. The quantitative estimate of drug-likeness (QED) is 0.523. The van der Waals surface area contributed by atoms with E-state index < -0.39 is 18.0 Å². The molecule has 1 rings (SSSR count). The van der Waals surface area contributed by atoms with Crippen LogP contribution in [0, 0.1) is 5.92 Å². The Bertz CT molecular complexity index is 176. The van der Waals surface area contributed by atoms with E-state index >= 15 is 0 Å². The molecule has 1 aliphatic carbocycles. The Hall–Kier alpha value is -0.440. The molecule has 0 aliphatic heterocycles. The van der Waals surface area contributed by atoms with Crippen molar-refractivity contribution in [1.82, 2.24) is 0 Å². The zero-order valence-electron chi connectivity index (χ0n) is 7.63. The SMILES string of the molecule is FOC(OF)C(OF)(OF)C1CCCC1. The highest BCUT2D eigenvalue weighted by molar-refractivity contribution is 4.84. The van der Waals surface area contributed by atoms with Crippen LogP contribution in [0.15, 0.2) is 0 Å². The summed E-state index contributed by atoms with van der Waals surface area (Å²) < 4.78 is 48.1. The molecular formula is C7H10F4O4. The first kappa shape index (κ1) is 12.6. The van der Waals surface area contributed by atoms with Gasteiger partial charge in [-0.3, -0.25) is 0 Å². The molecule has 90 valence electrons. The molecular weight excluding hydrogens is 224 g/mol. The Balaban J connectivity index is 2.83. The second-order valence-corrected chi connectivity index (χ2v) is 3.37. The smallest absolute Gasteiger partial charge is 0.152 e. The Morgan fingerprint density at radius 1 is 0.933 bits per heavy atom. The van der Waals surface area contributed by atoms with E-state index in [-0.39, 0.29) is 12.8 Å². The monoisotopic (exact) mass is 234 g/mol. The summed E-state index contributed by atoms with van der Waals surface area (Å²) in [5.41, 5.74) is 0. The average molecular weight is 234 g/mol. The number of rotatable bonds is 6. The molecule has 15 heavy (non-hydrogen) atoms. The fourth-order valence-electron chi connectivity index (χ4n) is 1.87. The molecule has 0 unspecified atom stereocenters. The molecule has 0 aromatic carbocycles. The van der Waals surface area contributed by atoms with E-state index in [0.29, 0.717) is 12.8 Å². The maximum Gasteiger partial charge on any atom is 0.303 e. The molecule has 0 radical (unpaired) electrons. The molecule has 0 saturated heterocycles. The lowest BCUT2D eigenvalue weighted by Gasteiger charge is -2.31. The van der Waals surface area contributed by atoms with E-state index in [2.05, 4.69) is 19.8 Å². The van der Waals surface area contributed by atoms with Crippen molar-refractivity contribution in [3.05, 3.63) is 0 Å². The summed E-state index contributed by atoms with van der Waals surface area (Å²) >= 11 is 0. The van der Waals surface area contributed by atoms with E-state index in [9.17, 15) is 18.1 Å². The van der Waals surface area contributed by atoms with Gasteiger partial charge in [-0.05, 0) is 30.9 Å². The lowest BCUT2D eigenvalue weighted by Crippen LogP contribution is -2.50. The summed E-state index contributed by atoms with van der Waals surface area (Å²) in [6.07, 6.45) is -0.696. The first-order chi connectivity index (χ1) is 7.25. The molecule has 0 spiro atoms. The highest BCUT2D eigenvalue weighted by atomic mass is 19.3. The van der Waals surface area contributed by atoms with Crippen LogP contribution in [0.25, 0.3) is 0 Å². The van der Waals surface area contributed by atoms with Gasteiger partial charge in [0.15, 0.2) is 0 Å². The molecule has 0 amide bonds. The van der Waals surface area contributed by atoms with Crippen molar-refractivity contribution in [1.29, 1.82) is 0 Å². The van der Waals surface area contributed by atoms with Gasteiger partial charge in [-0.25, -0.2) is 0 Å². The fourth-order valence-corrected chi connectivity index (χ4v) is 1.87. The second kappa shape index (κ2) is 5.59. The molecule has 0 atom stereocenters. The van der Waals surface area contributed by atoms with E-state index in [1.54, 1.807) is 0 Å². The van der Waals surface area contributed by atoms with Gasteiger partial charge in [-0.1, -0.05) is 12.8 Å². The molecule has 1 aliphatic rings. The lowest BCUT2D eigenvalue weighted by molar-refractivity contribution is -0.523. The highest BCUT2D eigenvalue weighted by Crippen LogP contribution is 2.41. The topological polar surface area (TPSA) is 36.9 Å². The molecule has 0 aromatic rings. The highest BCUT2D eigenvalue weighted by Gasteiger charge is 2.56. The van der Waals surface area contributed by atoms with E-state index in [4.69, 9.17) is 0 Å². The van der Waals surface area contributed by atoms with Gasteiger partial charge in [-0.2, -0.15) is 9.88 Å². The summed E-state index contributed by atoms with van der Waals surface area (Å²) in [6.45, 7) is 0. The molecule has 1 fully saturated rings. The predicted octanol–water partition coefficient (Wildman–Crippen LogP) is 2.80. The maximum atomic E-state index is 12.2. The molecule has 0 N–H and O–H groups in total. The molecule has 0 bridgehead atoms. The zero-order chi connectivity index (χ0) is 11.3. The number of halogens is 4. The largest absolute Gasteiger partial charge is 0.303 e. The number of hydrogen-bond acceptors (Lipinski definition) is 4. The number of hydrogen-bond donors (Lipinski definition) is 0. The van der Waals surface area contributed by atoms with Gasteiger partial charge in [0.1, 0.15) is 0 Å². The van der Waals surface area contributed by atoms with Crippen molar-refractivity contribution in [2.75, 3.05) is 0 Å². The normalized spacial score (nSPS) is 19.0. The van der Waals surface area contributed by atoms with Crippen molar-refractivity contribution in [2.45, 2.75) is 37.8 Å². The fraction of sp³-hybridized carbons (Fsp3) is 1.00. The van der Waals surface area contributed by atoms with Crippen LogP contribution in [0.5, 0.6) is 0 Å². The second-order valence-electron chi connectivity index (χ2n) is 3.37. The third-order valence-electron chi connectivity index (χ3n) is 2.66. The van der Waals surface area contributed by atoms with E-state index in [1.165, 1.54) is 0 Å². The minimum absolute atomic E-state index is 0.289. The van der Waals surface area contributed by atoms with Crippen LogP contribution >= 0.6 is 0 Å². The lowest BCUT2D eigenvalue weighted by atomic mass is 9.96. The molecule has 0 heterocycles. The van der Waals surface area contributed by atoms with Crippen LogP contribution in [0.1, 0.15) is 25.7 Å². The van der Waals surface area contributed by atoms with Crippen LogP contribution < -0.4 is 0 Å². The third kappa shape index (κ3) is 2.22. The van der Waals surface area contributed by atoms with Crippen molar-refractivity contribution in [2.24, 2.45) is 5.92 Å². The van der Waals surface area contributed by atoms with Gasteiger partial charge < -0.3 is 0 Å². The summed E-state index contributed by atoms with van der Waals surface area (Å²) in [6, 6.07) is 0. The molecule has 4 nitrogen and oxygen atoms in total. The average Bonchev–Trinajstić information content (AvgIpc) is 2.80. The summed E-state index contributed by atoms with van der Waals surface area (Å²) in [5, 5.41) is 0. The van der Waals surface area contributed by atoms with Crippen LogP contribution in [0.4, 0.5) is 18.1 Å². The Morgan fingerprint density at radius 2 is 1.40 bits per heavy atom. The van der Waals surface area contributed by atoms with E-state index in [0.717, 1.165) is 0 Å². The summed E-state index contributed by atoms with van der Waals surface area (Å²) in [5.74, 6) is -3.73. The van der Waals surface area contributed by atoms with Crippen molar-refractivity contribution in [3.63, 3.8) is 0 Å². The van der Waals surface area contributed by atoms with Crippen molar-refractivity contribution < 1.29 is 37.9 Å². The summed E-state index contributed by atoms with van der Waals surface area (Å²) in [4.78, 5) is 12.2. The Kier molecular flexibility index (Phi) is 4.71. The third-order valence-corrected chi connectivity index (χ3v) is 2.66. The minimum atomic E-state index is -2.85. The van der Waals surface area contributed by atoms with Crippen LogP contribution in [-0.4, -0.2) is 12.1 Å². The minimum Gasteiger partial charge on any atom is -0.152 e. The van der Waals surface area contributed by atoms with Gasteiger partial charge in [0, 0.05) is 5.92 Å². The van der Waals surface area contributed by atoms with Crippen molar-refractivity contribution in [3.8, 4) is 0 Å². The zero-order valence-corrected chi connectivity index (χ0v) is 7.63. The standard InChI is InChI=1S/C7H10F4O4/c8-12-6(13-9)7(14-10,15-11)5-3-1-2-4-5/h5-6H,1-4H2. The van der Waals surface area contributed by atoms with Gasteiger partial charge in [0.2, 0.25) is 0 Å². The van der Waals surface area contributed by atoms with Gasteiger partial charge in [0.05, 0.1) is 0 Å². The van der Waals surface area contributed by atoms with Crippen molar-refractivity contribution >= 4 is 0 Å². The first-order valence-corrected chi connectivity index (χ1v) is 4.39. The van der Waals surface area contributed by atoms with Gasteiger partial charge >= 0.3 is 5.79 Å². The molecule has 8 heteroatoms. The van der Waals surface area contributed by atoms with Crippen LogP contribution in [0.2, 0.25) is 0 Å². The molecule has 1 saturated carbocycles.